The molecule has 1 aromatic carbocycles. The Morgan fingerprint density at radius 2 is 1.77 bits per heavy atom. The van der Waals surface area contributed by atoms with Gasteiger partial charge in [0.25, 0.3) is 0 Å². The molecular formula is C22H29ClFN7. The van der Waals surface area contributed by atoms with Gasteiger partial charge in [0.1, 0.15) is 11.6 Å². The molecule has 1 aliphatic rings. The van der Waals surface area contributed by atoms with Gasteiger partial charge in [0.15, 0.2) is 5.65 Å². The number of benzene rings is 1. The summed E-state index contributed by atoms with van der Waals surface area (Å²) in [5.41, 5.74) is 8.00. The predicted molar refractivity (Wildman–Crippen MR) is 124 cm³/mol. The van der Waals surface area contributed by atoms with Crippen molar-refractivity contribution in [3.63, 3.8) is 0 Å². The zero-order valence-electron chi connectivity index (χ0n) is 18.7. The van der Waals surface area contributed by atoms with Gasteiger partial charge < -0.3 is 10.6 Å². The van der Waals surface area contributed by atoms with E-state index in [1.165, 1.54) is 6.07 Å². The van der Waals surface area contributed by atoms with Gasteiger partial charge in [-0.3, -0.25) is 4.90 Å². The Balaban J connectivity index is 1.87. The number of rotatable bonds is 3. The van der Waals surface area contributed by atoms with Crippen LogP contribution in [0.5, 0.6) is 0 Å². The van der Waals surface area contributed by atoms with E-state index >= 15 is 0 Å². The van der Waals surface area contributed by atoms with Crippen LogP contribution >= 0.6 is 11.6 Å². The van der Waals surface area contributed by atoms with Crippen LogP contribution in [0.3, 0.4) is 0 Å². The molecule has 1 aliphatic heterocycles. The first-order valence-electron chi connectivity index (χ1n) is 10.6. The average molecular weight is 446 g/mol. The van der Waals surface area contributed by atoms with Crippen LogP contribution in [0.25, 0.3) is 22.3 Å². The lowest BCUT2D eigenvalue weighted by atomic mass is 10.1. The van der Waals surface area contributed by atoms with Gasteiger partial charge in [0.2, 0.25) is 5.95 Å². The van der Waals surface area contributed by atoms with Gasteiger partial charge in [-0.05, 0) is 52.8 Å². The Morgan fingerprint density at radius 3 is 2.35 bits per heavy atom. The van der Waals surface area contributed by atoms with Gasteiger partial charge in [-0.25, -0.2) is 14.1 Å². The third-order valence-electron chi connectivity index (χ3n) is 5.71. The fourth-order valence-corrected chi connectivity index (χ4v) is 4.12. The zero-order valence-corrected chi connectivity index (χ0v) is 19.4. The van der Waals surface area contributed by atoms with Crippen molar-refractivity contribution in [1.29, 1.82) is 0 Å². The Hall–Kier alpha value is -2.45. The maximum atomic E-state index is 13.8. The molecule has 0 radical (unpaired) electrons. The van der Waals surface area contributed by atoms with Crippen LogP contribution in [0.4, 0.5) is 16.2 Å². The van der Waals surface area contributed by atoms with Gasteiger partial charge in [-0.2, -0.15) is 4.98 Å². The maximum absolute atomic E-state index is 13.8. The Morgan fingerprint density at radius 1 is 1.10 bits per heavy atom. The van der Waals surface area contributed by atoms with Gasteiger partial charge >= 0.3 is 0 Å². The molecule has 4 rings (SSSR count). The highest BCUT2D eigenvalue weighted by Gasteiger charge is 2.27. The van der Waals surface area contributed by atoms with E-state index in [-0.39, 0.29) is 10.6 Å². The fraction of sp³-hybridized carbons (Fsp3) is 0.500. The summed E-state index contributed by atoms with van der Waals surface area (Å²) in [7, 11) is 0. The summed E-state index contributed by atoms with van der Waals surface area (Å²) < 4.78 is 15.6. The number of aromatic nitrogens is 4. The number of nitrogens with two attached hydrogens (primary N) is 1. The molecule has 0 amide bonds. The molecule has 166 valence electrons. The third kappa shape index (κ3) is 4.06. The largest absolute Gasteiger partial charge is 0.383 e. The van der Waals surface area contributed by atoms with E-state index in [2.05, 4.69) is 23.6 Å². The number of anilines is 2. The molecule has 0 bridgehead atoms. The summed E-state index contributed by atoms with van der Waals surface area (Å²) in [4.78, 5) is 14.2. The predicted octanol–water partition coefficient (Wildman–Crippen LogP) is 4.15. The normalized spacial score (nSPS) is 15.9. The first-order chi connectivity index (χ1) is 14.6. The molecular weight excluding hydrogens is 417 g/mol. The van der Waals surface area contributed by atoms with Crippen LogP contribution < -0.4 is 10.6 Å². The molecule has 1 fully saturated rings. The second-order valence-electron chi connectivity index (χ2n) is 9.28. The second-order valence-corrected chi connectivity index (χ2v) is 9.69. The molecule has 0 spiro atoms. The fourth-order valence-electron chi connectivity index (χ4n) is 3.94. The highest BCUT2D eigenvalue weighted by Crippen LogP contribution is 2.35. The van der Waals surface area contributed by atoms with Gasteiger partial charge in [0.05, 0.1) is 21.6 Å². The van der Waals surface area contributed by atoms with E-state index < -0.39 is 5.82 Å². The van der Waals surface area contributed by atoms with E-state index in [1.807, 2.05) is 20.8 Å². The molecule has 0 atom stereocenters. The van der Waals surface area contributed by atoms with Crippen LogP contribution in [0.1, 0.15) is 34.6 Å². The quantitative estimate of drug-likeness (QED) is 0.652. The van der Waals surface area contributed by atoms with E-state index in [9.17, 15) is 4.39 Å². The highest BCUT2D eigenvalue weighted by atomic mass is 35.5. The van der Waals surface area contributed by atoms with Crippen molar-refractivity contribution in [3.8, 4) is 11.3 Å². The number of hydrogen-bond acceptors (Lipinski definition) is 6. The van der Waals surface area contributed by atoms with Crippen LogP contribution in [-0.2, 0) is 5.54 Å². The molecule has 3 heterocycles. The monoisotopic (exact) mass is 445 g/mol. The summed E-state index contributed by atoms with van der Waals surface area (Å²) in [5, 5.41) is 5.40. The number of nitrogens with zero attached hydrogens (tertiary/aromatic N) is 6. The summed E-state index contributed by atoms with van der Waals surface area (Å²) in [5.74, 6) is 0.609. The van der Waals surface area contributed by atoms with Crippen molar-refractivity contribution in [2.45, 2.75) is 46.2 Å². The highest BCUT2D eigenvalue weighted by molar-refractivity contribution is 6.31. The van der Waals surface area contributed by atoms with Gasteiger partial charge in [-0.15, -0.1) is 5.10 Å². The summed E-state index contributed by atoms with van der Waals surface area (Å²) in [6, 6.07) is 5.09. The van der Waals surface area contributed by atoms with Crippen molar-refractivity contribution in [2.24, 2.45) is 0 Å². The van der Waals surface area contributed by atoms with E-state index in [4.69, 9.17) is 32.4 Å². The van der Waals surface area contributed by atoms with Crippen molar-refractivity contribution in [2.75, 3.05) is 36.8 Å². The molecule has 31 heavy (non-hydrogen) atoms. The van der Waals surface area contributed by atoms with Crippen LogP contribution in [0.15, 0.2) is 18.2 Å². The lowest BCUT2D eigenvalue weighted by Gasteiger charge is -2.36. The number of halogens is 2. The molecule has 2 aromatic heterocycles. The van der Waals surface area contributed by atoms with Gasteiger partial charge in [0, 0.05) is 37.8 Å². The Kier molecular flexibility index (Phi) is 5.55. The molecule has 2 N–H and O–H groups in total. The van der Waals surface area contributed by atoms with E-state index in [1.54, 1.807) is 16.8 Å². The van der Waals surface area contributed by atoms with Crippen molar-refractivity contribution in [1.82, 2.24) is 24.6 Å². The van der Waals surface area contributed by atoms with Crippen molar-refractivity contribution in [3.05, 3.63) is 29.0 Å². The number of piperazine rings is 1. The summed E-state index contributed by atoms with van der Waals surface area (Å²) in [6.07, 6.45) is 0. The molecule has 3 aromatic rings. The van der Waals surface area contributed by atoms with Gasteiger partial charge in [-0.1, -0.05) is 11.6 Å². The molecule has 0 saturated carbocycles. The lowest BCUT2D eigenvalue weighted by molar-refractivity contribution is 0.208. The number of fused-ring (bicyclic) bond motifs is 1. The van der Waals surface area contributed by atoms with Crippen molar-refractivity contribution < 1.29 is 4.39 Å². The minimum absolute atomic E-state index is 0.0399. The molecule has 0 unspecified atom stereocenters. The number of hydrogen-bond donors (Lipinski definition) is 1. The Labute approximate surface area is 187 Å². The molecule has 0 aliphatic carbocycles. The molecule has 1 saturated heterocycles. The SMILES string of the molecule is CC(C)N1CCN(c2nc(-c3ccc(F)c(Cl)c3)c3c(N)n(C(C)(C)C)nc3n2)CC1. The Bertz CT molecular complexity index is 1110. The standard InChI is InChI=1S/C22H29ClFN7/c1-13(2)29-8-10-30(11-9-29)21-26-18(14-6-7-16(24)15(23)12-14)17-19(25)31(22(3,4)5)28-20(17)27-21/h6-7,12-13H,8-11,25H2,1-5H3. The number of nitrogen functional groups attached to an aromatic ring is 1. The first-order valence-corrected chi connectivity index (χ1v) is 10.9. The maximum Gasteiger partial charge on any atom is 0.228 e. The molecule has 7 nitrogen and oxygen atoms in total. The van der Waals surface area contributed by atoms with Crippen LogP contribution in [0, 0.1) is 5.82 Å². The zero-order chi connectivity index (χ0) is 22.5. The van der Waals surface area contributed by atoms with E-state index in [0.717, 1.165) is 26.2 Å². The molecule has 9 heteroatoms. The van der Waals surface area contributed by atoms with Crippen LogP contribution in [-0.4, -0.2) is 56.9 Å². The topological polar surface area (TPSA) is 76.1 Å². The minimum atomic E-state index is -0.473. The average Bonchev–Trinajstić information content (AvgIpc) is 3.06. The summed E-state index contributed by atoms with van der Waals surface area (Å²) in [6.45, 7) is 14.0. The third-order valence-corrected chi connectivity index (χ3v) is 6.00. The van der Waals surface area contributed by atoms with E-state index in [0.29, 0.717) is 40.1 Å². The van der Waals surface area contributed by atoms with Crippen molar-refractivity contribution >= 4 is 34.4 Å². The smallest absolute Gasteiger partial charge is 0.228 e. The first kappa shape index (κ1) is 21.8. The second kappa shape index (κ2) is 7.91. The minimum Gasteiger partial charge on any atom is -0.383 e. The van der Waals surface area contributed by atoms with Crippen LogP contribution in [0.2, 0.25) is 5.02 Å². The lowest BCUT2D eigenvalue weighted by Crippen LogP contribution is -2.49. The summed E-state index contributed by atoms with van der Waals surface area (Å²) >= 11 is 6.08.